The van der Waals surface area contributed by atoms with Crippen LogP contribution in [-0.4, -0.2) is 25.4 Å². The Balaban J connectivity index is 1.91. The maximum atomic E-state index is 11.6. The largest absolute Gasteiger partial charge is 0.411 e. The quantitative estimate of drug-likeness (QED) is 0.683. The van der Waals surface area contributed by atoms with E-state index in [4.69, 9.17) is 5.73 Å². The molecule has 0 bridgehead atoms. The van der Waals surface area contributed by atoms with Gasteiger partial charge in [0.25, 0.3) is 0 Å². The van der Waals surface area contributed by atoms with Gasteiger partial charge in [0.05, 0.1) is 0 Å². The molecular weight excluding hydrogens is 195 g/mol. The van der Waals surface area contributed by atoms with Gasteiger partial charge in [0.2, 0.25) is 0 Å². The van der Waals surface area contributed by atoms with E-state index in [1.807, 2.05) is 0 Å². The van der Waals surface area contributed by atoms with Gasteiger partial charge in [0, 0.05) is 12.6 Å². The van der Waals surface area contributed by atoms with Crippen molar-refractivity contribution < 1.29 is 17.9 Å². The lowest BCUT2D eigenvalue weighted by Gasteiger charge is -2.11. The summed E-state index contributed by atoms with van der Waals surface area (Å²) in [6.07, 6.45) is -0.337. The van der Waals surface area contributed by atoms with Gasteiger partial charge in [0.1, 0.15) is 6.61 Å². The van der Waals surface area contributed by atoms with E-state index in [0.717, 1.165) is 6.42 Å². The molecular formula is C9H16F3NO. The molecule has 0 spiro atoms. The summed E-state index contributed by atoms with van der Waals surface area (Å²) in [5, 5.41) is 0. The number of alkyl halides is 3. The van der Waals surface area contributed by atoms with Crippen LogP contribution in [0.15, 0.2) is 0 Å². The first-order valence-electron chi connectivity index (χ1n) is 4.87. The van der Waals surface area contributed by atoms with Crippen molar-refractivity contribution in [3.8, 4) is 0 Å². The SMILES string of the molecule is NC(CCOCC(F)(F)F)CC1CC1. The Labute approximate surface area is 81.6 Å². The zero-order valence-electron chi connectivity index (χ0n) is 8.02. The lowest BCUT2D eigenvalue weighted by Crippen LogP contribution is -2.24. The van der Waals surface area contributed by atoms with Crippen LogP contribution in [0.2, 0.25) is 0 Å². The van der Waals surface area contributed by atoms with Gasteiger partial charge in [-0.3, -0.25) is 0 Å². The summed E-state index contributed by atoms with van der Waals surface area (Å²) >= 11 is 0. The fourth-order valence-corrected chi connectivity index (χ4v) is 1.32. The third-order valence-electron chi connectivity index (χ3n) is 2.23. The highest BCUT2D eigenvalue weighted by Gasteiger charge is 2.27. The second-order valence-corrected chi connectivity index (χ2v) is 3.90. The van der Waals surface area contributed by atoms with Crippen LogP contribution in [0.3, 0.4) is 0 Å². The van der Waals surface area contributed by atoms with E-state index in [2.05, 4.69) is 4.74 Å². The smallest absolute Gasteiger partial charge is 0.372 e. The van der Waals surface area contributed by atoms with Crippen molar-refractivity contribution in [3.63, 3.8) is 0 Å². The normalized spacial score (nSPS) is 19.7. The molecule has 1 saturated carbocycles. The summed E-state index contributed by atoms with van der Waals surface area (Å²) in [7, 11) is 0. The standard InChI is InChI=1S/C9H16F3NO/c10-9(11,12)6-14-4-3-8(13)5-7-1-2-7/h7-8H,1-6,13H2. The Hall–Kier alpha value is -0.290. The molecule has 0 saturated heterocycles. The Morgan fingerprint density at radius 3 is 2.50 bits per heavy atom. The zero-order chi connectivity index (χ0) is 10.6. The maximum absolute atomic E-state index is 11.6. The number of halogens is 3. The molecule has 1 atom stereocenters. The molecule has 2 nitrogen and oxygen atoms in total. The molecule has 0 aromatic heterocycles. The lowest BCUT2D eigenvalue weighted by molar-refractivity contribution is -0.174. The van der Waals surface area contributed by atoms with Gasteiger partial charge in [0.15, 0.2) is 0 Å². The molecule has 14 heavy (non-hydrogen) atoms. The minimum absolute atomic E-state index is 0.00395. The van der Waals surface area contributed by atoms with Crippen molar-refractivity contribution in [1.82, 2.24) is 0 Å². The van der Waals surface area contributed by atoms with Crippen molar-refractivity contribution >= 4 is 0 Å². The number of hydrogen-bond donors (Lipinski definition) is 1. The van der Waals surface area contributed by atoms with Gasteiger partial charge in [-0.05, 0) is 18.8 Å². The molecule has 1 rings (SSSR count). The number of nitrogens with two attached hydrogens (primary N) is 1. The van der Waals surface area contributed by atoms with Crippen LogP contribution >= 0.6 is 0 Å². The molecule has 0 aromatic rings. The topological polar surface area (TPSA) is 35.2 Å². The summed E-state index contributed by atoms with van der Waals surface area (Å²) in [5.74, 6) is 0.715. The first kappa shape index (κ1) is 11.8. The first-order chi connectivity index (χ1) is 6.47. The molecule has 2 N–H and O–H groups in total. The predicted molar refractivity (Wildman–Crippen MR) is 46.8 cm³/mol. The van der Waals surface area contributed by atoms with Gasteiger partial charge < -0.3 is 10.5 Å². The summed E-state index contributed by atoms with van der Waals surface area (Å²) in [5.41, 5.74) is 5.70. The molecule has 1 aliphatic carbocycles. The predicted octanol–water partition coefficient (Wildman–Crippen LogP) is 2.08. The zero-order valence-corrected chi connectivity index (χ0v) is 8.02. The van der Waals surface area contributed by atoms with Crippen LogP contribution in [0, 0.1) is 5.92 Å². The lowest BCUT2D eigenvalue weighted by atomic mass is 10.1. The van der Waals surface area contributed by atoms with Crippen LogP contribution in [0.4, 0.5) is 13.2 Å². The molecule has 0 amide bonds. The monoisotopic (exact) mass is 211 g/mol. The second-order valence-electron chi connectivity index (χ2n) is 3.90. The maximum Gasteiger partial charge on any atom is 0.411 e. The fraction of sp³-hybridized carbons (Fsp3) is 1.00. The average molecular weight is 211 g/mol. The van der Waals surface area contributed by atoms with E-state index in [1.165, 1.54) is 12.8 Å². The van der Waals surface area contributed by atoms with Crippen LogP contribution < -0.4 is 5.73 Å². The fourth-order valence-electron chi connectivity index (χ4n) is 1.32. The Morgan fingerprint density at radius 1 is 1.36 bits per heavy atom. The molecule has 0 heterocycles. The van der Waals surface area contributed by atoms with Gasteiger partial charge in [-0.2, -0.15) is 13.2 Å². The molecule has 1 fully saturated rings. The summed E-state index contributed by atoms with van der Waals surface area (Å²) < 4.78 is 39.4. The highest BCUT2D eigenvalue weighted by atomic mass is 19.4. The summed E-state index contributed by atoms with van der Waals surface area (Å²) in [6, 6.07) is -0.00395. The van der Waals surface area contributed by atoms with Gasteiger partial charge in [-0.25, -0.2) is 0 Å². The molecule has 1 aliphatic rings. The van der Waals surface area contributed by atoms with Gasteiger partial charge in [-0.15, -0.1) is 0 Å². The Bertz CT molecular complexity index is 168. The van der Waals surface area contributed by atoms with Gasteiger partial charge in [-0.1, -0.05) is 12.8 Å². The van der Waals surface area contributed by atoms with E-state index in [0.29, 0.717) is 12.3 Å². The van der Waals surface area contributed by atoms with E-state index >= 15 is 0 Å². The number of ether oxygens (including phenoxy) is 1. The van der Waals surface area contributed by atoms with E-state index in [9.17, 15) is 13.2 Å². The van der Waals surface area contributed by atoms with Crippen LogP contribution in [-0.2, 0) is 4.74 Å². The molecule has 1 unspecified atom stereocenters. The molecule has 5 heteroatoms. The summed E-state index contributed by atoms with van der Waals surface area (Å²) in [6.45, 7) is -1.06. The summed E-state index contributed by atoms with van der Waals surface area (Å²) in [4.78, 5) is 0. The van der Waals surface area contributed by atoms with Crippen molar-refractivity contribution in [2.24, 2.45) is 11.7 Å². The minimum atomic E-state index is -4.22. The highest BCUT2D eigenvalue weighted by molar-refractivity contribution is 4.78. The Morgan fingerprint density at radius 2 is 2.00 bits per heavy atom. The van der Waals surface area contributed by atoms with Crippen LogP contribution in [0.5, 0.6) is 0 Å². The van der Waals surface area contributed by atoms with Crippen LogP contribution in [0.1, 0.15) is 25.7 Å². The minimum Gasteiger partial charge on any atom is -0.372 e. The molecule has 0 radical (unpaired) electrons. The molecule has 84 valence electrons. The number of hydrogen-bond acceptors (Lipinski definition) is 2. The van der Waals surface area contributed by atoms with Crippen LogP contribution in [0.25, 0.3) is 0 Å². The van der Waals surface area contributed by atoms with Crippen molar-refractivity contribution in [2.45, 2.75) is 37.9 Å². The first-order valence-corrected chi connectivity index (χ1v) is 4.87. The van der Waals surface area contributed by atoms with E-state index < -0.39 is 12.8 Å². The van der Waals surface area contributed by atoms with E-state index in [-0.39, 0.29) is 12.6 Å². The van der Waals surface area contributed by atoms with Crippen molar-refractivity contribution in [2.75, 3.05) is 13.2 Å². The molecule has 0 aliphatic heterocycles. The highest BCUT2D eigenvalue weighted by Crippen LogP contribution is 2.33. The Kier molecular flexibility index (Phi) is 4.19. The van der Waals surface area contributed by atoms with Crippen molar-refractivity contribution in [1.29, 1.82) is 0 Å². The number of rotatable bonds is 6. The van der Waals surface area contributed by atoms with E-state index in [1.54, 1.807) is 0 Å². The third kappa shape index (κ3) is 6.21. The van der Waals surface area contributed by atoms with Crippen molar-refractivity contribution in [3.05, 3.63) is 0 Å². The third-order valence-corrected chi connectivity index (χ3v) is 2.23. The second kappa shape index (κ2) is 4.98. The molecule has 0 aromatic carbocycles. The average Bonchev–Trinajstić information content (AvgIpc) is 2.80. The van der Waals surface area contributed by atoms with Gasteiger partial charge >= 0.3 is 6.18 Å².